The number of unbranched alkanes of at least 4 members (excludes halogenated alkanes) is 28. The molecule has 9 nitrogen and oxygen atoms in total. The third-order valence-corrected chi connectivity index (χ3v) is 12.4. The van der Waals surface area contributed by atoms with Crippen molar-refractivity contribution in [3.63, 3.8) is 0 Å². The summed E-state index contributed by atoms with van der Waals surface area (Å²) in [6.45, 7) is 6.95. The maximum atomic E-state index is 13.4. The second-order valence-corrected chi connectivity index (χ2v) is 20.2. The molecule has 3 atom stereocenters. The molecule has 360 valence electrons. The lowest BCUT2D eigenvalue weighted by molar-refractivity contribution is -0.870. The summed E-state index contributed by atoms with van der Waals surface area (Å²) in [4.78, 5) is 37.3. The van der Waals surface area contributed by atoms with Crippen molar-refractivity contribution < 1.29 is 37.3 Å². The molecule has 0 saturated heterocycles. The van der Waals surface area contributed by atoms with Crippen LogP contribution in [0.25, 0.3) is 0 Å². The van der Waals surface area contributed by atoms with Crippen LogP contribution in [0.4, 0.5) is 0 Å². The zero-order chi connectivity index (χ0) is 45.1. The monoisotopic (exact) mass is 884 g/mol. The van der Waals surface area contributed by atoms with E-state index in [-0.39, 0.29) is 25.1 Å². The molecular weight excluding hydrogens is 784 g/mol. The quantitative estimate of drug-likeness (QED) is 0.0206. The Morgan fingerprint density at radius 2 is 0.967 bits per heavy atom. The lowest BCUT2D eigenvalue weighted by Crippen LogP contribution is -2.47. The van der Waals surface area contributed by atoms with E-state index in [1.165, 1.54) is 122 Å². The summed E-state index contributed by atoms with van der Waals surface area (Å²) in [5.74, 6) is -0.511. The number of esters is 1. The second kappa shape index (κ2) is 42.4. The van der Waals surface area contributed by atoms with Crippen molar-refractivity contribution >= 4 is 19.7 Å². The first-order chi connectivity index (χ1) is 29.4. The van der Waals surface area contributed by atoms with E-state index >= 15 is 0 Å². The third-order valence-electron chi connectivity index (χ3n) is 11.4. The van der Waals surface area contributed by atoms with E-state index in [9.17, 15) is 19.0 Å². The Balaban J connectivity index is 5.42. The Kier molecular flexibility index (Phi) is 41.4. The van der Waals surface area contributed by atoms with E-state index < -0.39 is 20.0 Å². The summed E-state index contributed by atoms with van der Waals surface area (Å²) in [6.07, 6.45) is 46.0. The number of hydrogen-bond donors (Lipinski definition) is 2. The fraction of sp³-hybridized carbons (Fsp3) is 0.882. The van der Waals surface area contributed by atoms with Gasteiger partial charge in [0.15, 0.2) is 0 Å². The Bertz CT molecular complexity index is 1110. The summed E-state index contributed by atoms with van der Waals surface area (Å²) in [7, 11) is 1.50. The summed E-state index contributed by atoms with van der Waals surface area (Å²) in [5.41, 5.74) is 0. The molecule has 10 heteroatoms. The molecule has 0 aromatic carbocycles. The fourth-order valence-corrected chi connectivity index (χ4v) is 8.07. The van der Waals surface area contributed by atoms with Crippen molar-refractivity contribution in [3.05, 3.63) is 24.3 Å². The number of ether oxygens (including phenoxy) is 1. The summed E-state index contributed by atoms with van der Waals surface area (Å²) >= 11 is 0. The number of quaternary nitrogens is 1. The van der Waals surface area contributed by atoms with Crippen LogP contribution in [-0.2, 0) is 27.9 Å². The van der Waals surface area contributed by atoms with Gasteiger partial charge in [-0.3, -0.25) is 18.6 Å². The first-order valence-electron chi connectivity index (χ1n) is 25.7. The molecule has 0 spiro atoms. The highest BCUT2D eigenvalue weighted by molar-refractivity contribution is 7.47. The number of rotatable bonds is 46. The minimum absolute atomic E-state index is 0.0413. The minimum Gasteiger partial charge on any atom is -0.456 e. The van der Waals surface area contributed by atoms with Gasteiger partial charge in [-0.25, -0.2) is 4.57 Å². The number of allylic oxidation sites excluding steroid dienone is 3. The molecule has 1 amide bonds. The molecule has 61 heavy (non-hydrogen) atoms. The van der Waals surface area contributed by atoms with Crippen LogP contribution >= 0.6 is 7.82 Å². The number of phosphoric acid groups is 1. The van der Waals surface area contributed by atoms with Gasteiger partial charge >= 0.3 is 13.8 Å². The van der Waals surface area contributed by atoms with E-state index in [0.29, 0.717) is 23.9 Å². The maximum Gasteiger partial charge on any atom is 0.472 e. The molecule has 0 aliphatic carbocycles. The molecule has 0 aromatic rings. The summed E-state index contributed by atoms with van der Waals surface area (Å²) < 4.78 is 30.4. The first kappa shape index (κ1) is 59.5. The number of nitrogens with one attached hydrogen (secondary N) is 1. The number of likely N-dealkylation sites (N-methyl/N-ethyl adjacent to an activating group) is 1. The molecule has 0 aromatic heterocycles. The lowest BCUT2D eigenvalue weighted by Gasteiger charge is -2.27. The highest BCUT2D eigenvalue weighted by Gasteiger charge is 2.30. The SMILES string of the molecule is CCCC/C=C\CCCCCCCC(=O)NC(COP(=O)(O)OCC[N+](C)(C)C)C(/C=C/CCCCCCCCCCC)OC(=O)CCCCCCCCCCCCCCC. The van der Waals surface area contributed by atoms with Crippen LogP contribution < -0.4 is 5.32 Å². The van der Waals surface area contributed by atoms with E-state index in [1.54, 1.807) is 0 Å². The number of carbonyl (C=O) groups excluding carboxylic acids is 2. The van der Waals surface area contributed by atoms with Gasteiger partial charge in [-0.1, -0.05) is 200 Å². The first-order valence-corrected chi connectivity index (χ1v) is 27.2. The number of amides is 1. The highest BCUT2D eigenvalue weighted by Crippen LogP contribution is 2.43. The van der Waals surface area contributed by atoms with Gasteiger partial charge in [0.1, 0.15) is 19.3 Å². The van der Waals surface area contributed by atoms with E-state index in [4.69, 9.17) is 13.8 Å². The van der Waals surface area contributed by atoms with Crippen LogP contribution in [0.3, 0.4) is 0 Å². The van der Waals surface area contributed by atoms with Crippen molar-refractivity contribution in [1.29, 1.82) is 0 Å². The van der Waals surface area contributed by atoms with Gasteiger partial charge in [0.2, 0.25) is 5.91 Å². The predicted octanol–water partition coefficient (Wildman–Crippen LogP) is 14.7. The van der Waals surface area contributed by atoms with Crippen molar-refractivity contribution in [2.24, 2.45) is 0 Å². The van der Waals surface area contributed by atoms with Crippen molar-refractivity contribution in [2.75, 3.05) is 40.9 Å². The smallest absolute Gasteiger partial charge is 0.456 e. The molecule has 0 aliphatic rings. The Hall–Kier alpha value is -1.51. The van der Waals surface area contributed by atoms with Crippen LogP contribution in [0.15, 0.2) is 24.3 Å². The number of carbonyl (C=O) groups is 2. The van der Waals surface area contributed by atoms with Crippen LogP contribution in [0, 0.1) is 0 Å². The molecule has 0 fully saturated rings. The fourth-order valence-electron chi connectivity index (χ4n) is 7.33. The van der Waals surface area contributed by atoms with Crippen molar-refractivity contribution in [2.45, 2.75) is 251 Å². The van der Waals surface area contributed by atoms with Crippen LogP contribution in [0.5, 0.6) is 0 Å². The molecule has 3 unspecified atom stereocenters. The molecule has 0 aliphatic heterocycles. The third kappa shape index (κ3) is 43.5. The molecular formula is C51H100N2O7P+. The molecule has 0 radical (unpaired) electrons. The van der Waals surface area contributed by atoms with Gasteiger partial charge in [-0.15, -0.1) is 0 Å². The second-order valence-electron chi connectivity index (χ2n) is 18.7. The summed E-state index contributed by atoms with van der Waals surface area (Å²) in [6, 6.07) is -0.843. The Morgan fingerprint density at radius 1 is 0.557 bits per heavy atom. The van der Waals surface area contributed by atoms with Crippen LogP contribution in [0.2, 0.25) is 0 Å². The Morgan fingerprint density at radius 3 is 1.44 bits per heavy atom. The number of hydrogen-bond acceptors (Lipinski definition) is 6. The van der Waals surface area contributed by atoms with Crippen LogP contribution in [-0.4, -0.2) is 74.3 Å². The topological polar surface area (TPSA) is 111 Å². The summed E-state index contributed by atoms with van der Waals surface area (Å²) in [5, 5.41) is 3.03. The normalized spacial score (nSPS) is 14.1. The van der Waals surface area contributed by atoms with Crippen molar-refractivity contribution in [3.8, 4) is 0 Å². The molecule has 0 saturated carbocycles. The maximum absolute atomic E-state index is 13.4. The average molecular weight is 884 g/mol. The standard InChI is InChI=1S/C51H99N2O7P/c1-7-10-13-16-19-22-25-26-29-32-35-38-41-44-51(55)60-49(42-39-36-33-30-27-23-20-17-14-11-8-2)48(47-59-61(56,57)58-46-45-53(4,5)6)52-50(54)43-40-37-34-31-28-24-21-18-15-12-9-3/h18,21,39,42,48-49H,7-17,19-20,22-38,40-41,43-47H2,1-6H3,(H-,52,54,56,57)/p+1/b21-18-,42-39+. The minimum atomic E-state index is -4.43. The molecule has 0 bridgehead atoms. The van der Waals surface area contributed by atoms with Gasteiger partial charge < -0.3 is 19.4 Å². The largest absolute Gasteiger partial charge is 0.472 e. The highest BCUT2D eigenvalue weighted by atomic mass is 31.2. The van der Waals surface area contributed by atoms with Crippen molar-refractivity contribution in [1.82, 2.24) is 5.32 Å². The Labute approximate surface area is 377 Å². The number of nitrogens with zero attached hydrogens (tertiary/aromatic N) is 1. The van der Waals surface area contributed by atoms with Crippen LogP contribution in [0.1, 0.15) is 239 Å². The zero-order valence-electron chi connectivity index (χ0n) is 40.9. The van der Waals surface area contributed by atoms with Gasteiger partial charge in [0.25, 0.3) is 0 Å². The molecule has 0 heterocycles. The van der Waals surface area contributed by atoms with Gasteiger partial charge in [-0.2, -0.15) is 0 Å². The lowest BCUT2D eigenvalue weighted by atomic mass is 10.0. The zero-order valence-corrected chi connectivity index (χ0v) is 41.8. The van der Waals surface area contributed by atoms with E-state index in [2.05, 4.69) is 38.2 Å². The van der Waals surface area contributed by atoms with Gasteiger partial charge in [0, 0.05) is 12.8 Å². The van der Waals surface area contributed by atoms with E-state index in [0.717, 1.165) is 83.5 Å². The molecule has 2 N–H and O–H groups in total. The van der Waals surface area contributed by atoms with Gasteiger partial charge in [0.05, 0.1) is 33.8 Å². The van der Waals surface area contributed by atoms with Gasteiger partial charge in [-0.05, 0) is 51.0 Å². The molecule has 0 rings (SSSR count). The van der Waals surface area contributed by atoms with E-state index in [1.807, 2.05) is 33.3 Å². The average Bonchev–Trinajstić information content (AvgIpc) is 3.21. The number of phosphoric ester groups is 1. The predicted molar refractivity (Wildman–Crippen MR) is 259 cm³/mol.